The van der Waals surface area contributed by atoms with Crippen LogP contribution in [0.15, 0.2) is 27.8 Å². The van der Waals surface area contributed by atoms with E-state index < -0.39 is 30.2 Å². The maximum atomic E-state index is 12.3. The average Bonchev–Trinajstić information content (AvgIpc) is 2.41. The zero-order chi connectivity index (χ0) is 14.9. The molecule has 2 aromatic rings. The van der Waals surface area contributed by atoms with Crippen LogP contribution in [0.2, 0.25) is 0 Å². The van der Waals surface area contributed by atoms with Gasteiger partial charge in [-0.15, -0.1) is 0 Å². The number of carbonyl (C=O) groups excluding carboxylic acids is 1. The Labute approximate surface area is 110 Å². The lowest BCUT2D eigenvalue weighted by molar-refractivity contribution is 0.0601. The number of rotatable bonds is 3. The molecule has 6 nitrogen and oxygen atoms in total. The van der Waals surface area contributed by atoms with Crippen molar-refractivity contribution in [1.82, 2.24) is 9.55 Å². The smallest absolute Gasteiger partial charge is 0.337 e. The van der Waals surface area contributed by atoms with Gasteiger partial charge in [-0.05, 0) is 18.2 Å². The Hall–Kier alpha value is -2.51. The third kappa shape index (κ3) is 2.44. The number of hydrogen-bond donors (Lipinski definition) is 1. The Morgan fingerprint density at radius 3 is 2.70 bits per heavy atom. The van der Waals surface area contributed by atoms with Crippen molar-refractivity contribution >= 4 is 16.9 Å². The summed E-state index contributed by atoms with van der Waals surface area (Å²) in [6.45, 7) is -0.983. The maximum absolute atomic E-state index is 12.3. The van der Waals surface area contributed by atoms with Crippen molar-refractivity contribution in [3.8, 4) is 0 Å². The summed E-state index contributed by atoms with van der Waals surface area (Å²) in [7, 11) is 1.19. The number of aromatic nitrogens is 2. The van der Waals surface area contributed by atoms with Crippen LogP contribution in [0, 0.1) is 0 Å². The molecule has 2 rings (SSSR count). The standard InChI is InChI=1S/C12H10F2N2O4/c1-20-11(18)6-2-3-7-8(4-6)15-12(19)16(10(7)17)5-9(13)14/h2-4,9H,5H2,1H3,(H,15,19). The third-order valence-electron chi connectivity index (χ3n) is 2.72. The molecule has 0 amide bonds. The molecule has 0 radical (unpaired) electrons. The van der Waals surface area contributed by atoms with Gasteiger partial charge in [0.1, 0.15) is 0 Å². The van der Waals surface area contributed by atoms with E-state index >= 15 is 0 Å². The van der Waals surface area contributed by atoms with Crippen LogP contribution < -0.4 is 11.2 Å². The summed E-state index contributed by atoms with van der Waals surface area (Å²) in [4.78, 5) is 37.2. The van der Waals surface area contributed by atoms with Gasteiger partial charge in [0.2, 0.25) is 0 Å². The first kappa shape index (κ1) is 13.9. The molecule has 1 aromatic heterocycles. The lowest BCUT2D eigenvalue weighted by Crippen LogP contribution is -2.36. The molecular weight excluding hydrogens is 274 g/mol. The van der Waals surface area contributed by atoms with Crippen molar-refractivity contribution in [3.05, 3.63) is 44.6 Å². The number of aromatic amines is 1. The van der Waals surface area contributed by atoms with E-state index in [1.165, 1.54) is 25.3 Å². The van der Waals surface area contributed by atoms with Gasteiger partial charge in [0, 0.05) is 0 Å². The molecule has 0 unspecified atom stereocenters. The SMILES string of the molecule is COC(=O)c1ccc2c(=O)n(CC(F)F)c(=O)[nH]c2c1. The van der Waals surface area contributed by atoms with E-state index in [1.807, 2.05) is 0 Å². The highest BCUT2D eigenvalue weighted by Crippen LogP contribution is 2.10. The molecule has 0 fully saturated rings. The molecule has 0 bridgehead atoms. The molecule has 8 heteroatoms. The lowest BCUT2D eigenvalue weighted by Gasteiger charge is -2.06. The van der Waals surface area contributed by atoms with Gasteiger partial charge >= 0.3 is 11.7 Å². The van der Waals surface area contributed by atoms with Crippen LogP contribution in [-0.2, 0) is 11.3 Å². The van der Waals surface area contributed by atoms with Crippen molar-refractivity contribution in [1.29, 1.82) is 0 Å². The Morgan fingerprint density at radius 2 is 2.10 bits per heavy atom. The number of esters is 1. The van der Waals surface area contributed by atoms with Crippen LogP contribution in [0.1, 0.15) is 10.4 Å². The summed E-state index contributed by atoms with van der Waals surface area (Å²) in [5.41, 5.74) is -1.56. The van der Waals surface area contributed by atoms with Gasteiger partial charge in [-0.1, -0.05) is 0 Å². The van der Waals surface area contributed by atoms with Gasteiger partial charge in [0.25, 0.3) is 12.0 Å². The number of benzene rings is 1. The van der Waals surface area contributed by atoms with Gasteiger partial charge in [0.05, 0.1) is 30.1 Å². The predicted molar refractivity (Wildman–Crippen MR) is 66.2 cm³/mol. The van der Waals surface area contributed by atoms with E-state index in [2.05, 4.69) is 9.72 Å². The van der Waals surface area contributed by atoms with Crippen LogP contribution >= 0.6 is 0 Å². The molecule has 0 aliphatic rings. The van der Waals surface area contributed by atoms with Crippen LogP contribution in [0.5, 0.6) is 0 Å². The van der Waals surface area contributed by atoms with E-state index in [0.29, 0.717) is 4.57 Å². The van der Waals surface area contributed by atoms with Gasteiger partial charge in [0.15, 0.2) is 0 Å². The van der Waals surface area contributed by atoms with Crippen molar-refractivity contribution in [2.24, 2.45) is 0 Å². The average molecular weight is 284 g/mol. The zero-order valence-electron chi connectivity index (χ0n) is 10.4. The molecule has 0 aliphatic carbocycles. The summed E-state index contributed by atoms with van der Waals surface area (Å²) in [5.74, 6) is -0.635. The molecule has 1 N–H and O–H groups in total. The minimum absolute atomic E-state index is 0.0397. The van der Waals surface area contributed by atoms with Crippen molar-refractivity contribution in [3.63, 3.8) is 0 Å². The summed E-state index contributed by atoms with van der Waals surface area (Å²) in [6, 6.07) is 3.86. The third-order valence-corrected chi connectivity index (χ3v) is 2.72. The number of hydrogen-bond acceptors (Lipinski definition) is 4. The highest BCUT2D eigenvalue weighted by Gasteiger charge is 2.14. The van der Waals surface area contributed by atoms with Crippen LogP contribution in [-0.4, -0.2) is 29.1 Å². The molecule has 1 heterocycles. The quantitative estimate of drug-likeness (QED) is 0.843. The van der Waals surface area contributed by atoms with E-state index in [0.717, 1.165) is 0 Å². The van der Waals surface area contributed by atoms with Crippen molar-refractivity contribution in [2.45, 2.75) is 13.0 Å². The molecule has 0 saturated carbocycles. The fourth-order valence-electron chi connectivity index (χ4n) is 1.80. The van der Waals surface area contributed by atoms with Crippen LogP contribution in [0.3, 0.4) is 0 Å². The minimum Gasteiger partial charge on any atom is -0.465 e. The second kappa shape index (κ2) is 5.24. The van der Waals surface area contributed by atoms with E-state index in [4.69, 9.17) is 0 Å². The molecular formula is C12H10F2N2O4. The van der Waals surface area contributed by atoms with Crippen LogP contribution in [0.25, 0.3) is 10.9 Å². The lowest BCUT2D eigenvalue weighted by atomic mass is 10.1. The summed E-state index contributed by atoms with van der Waals surface area (Å²) >= 11 is 0. The van der Waals surface area contributed by atoms with E-state index in [-0.39, 0.29) is 16.5 Å². The van der Waals surface area contributed by atoms with Gasteiger partial charge < -0.3 is 9.72 Å². The molecule has 0 saturated heterocycles. The topological polar surface area (TPSA) is 81.2 Å². The number of halogens is 2. The fourth-order valence-corrected chi connectivity index (χ4v) is 1.80. The summed E-state index contributed by atoms with van der Waals surface area (Å²) < 4.78 is 29.6. The van der Waals surface area contributed by atoms with Crippen molar-refractivity contribution < 1.29 is 18.3 Å². The number of nitrogens with one attached hydrogen (secondary N) is 1. The molecule has 0 spiro atoms. The predicted octanol–water partition coefficient (Wildman–Crippen LogP) is 0.742. The monoisotopic (exact) mass is 284 g/mol. The minimum atomic E-state index is -2.82. The number of nitrogens with zero attached hydrogens (tertiary/aromatic N) is 1. The van der Waals surface area contributed by atoms with Gasteiger partial charge in [-0.2, -0.15) is 0 Å². The van der Waals surface area contributed by atoms with Crippen LogP contribution in [0.4, 0.5) is 8.78 Å². The second-order valence-corrected chi connectivity index (χ2v) is 3.99. The number of ether oxygens (including phenoxy) is 1. The first-order chi connectivity index (χ1) is 9.43. The molecule has 1 aromatic carbocycles. The number of alkyl halides is 2. The normalized spacial score (nSPS) is 11.0. The van der Waals surface area contributed by atoms with Gasteiger partial charge in [-0.25, -0.2) is 18.4 Å². The van der Waals surface area contributed by atoms with Gasteiger partial charge in [-0.3, -0.25) is 9.36 Å². The maximum Gasteiger partial charge on any atom is 0.337 e. The highest BCUT2D eigenvalue weighted by atomic mass is 19.3. The molecule has 106 valence electrons. The zero-order valence-corrected chi connectivity index (χ0v) is 10.4. The Morgan fingerprint density at radius 1 is 1.40 bits per heavy atom. The number of carbonyl (C=O) groups is 1. The molecule has 0 aliphatic heterocycles. The first-order valence-corrected chi connectivity index (χ1v) is 5.57. The Kier molecular flexibility index (Phi) is 3.64. The highest BCUT2D eigenvalue weighted by molar-refractivity contribution is 5.93. The second-order valence-electron chi connectivity index (χ2n) is 3.99. The summed E-state index contributed by atoms with van der Waals surface area (Å²) in [5, 5.41) is 0.0397. The number of methoxy groups -OCH3 is 1. The Bertz CT molecular complexity index is 779. The number of H-pyrrole nitrogens is 1. The number of fused-ring (bicyclic) bond motifs is 1. The van der Waals surface area contributed by atoms with E-state index in [9.17, 15) is 23.2 Å². The van der Waals surface area contributed by atoms with Crippen molar-refractivity contribution in [2.75, 3.05) is 7.11 Å². The Balaban J connectivity index is 2.67. The first-order valence-electron chi connectivity index (χ1n) is 5.57. The summed E-state index contributed by atoms with van der Waals surface area (Å²) in [6.07, 6.45) is -2.82. The van der Waals surface area contributed by atoms with E-state index in [1.54, 1.807) is 0 Å². The molecule has 20 heavy (non-hydrogen) atoms. The largest absolute Gasteiger partial charge is 0.465 e. The fraction of sp³-hybridized carbons (Fsp3) is 0.250. The molecule has 0 atom stereocenters.